The molecular weight excluding hydrogens is 385 g/mol. The molecule has 0 saturated carbocycles. The third-order valence-electron chi connectivity index (χ3n) is 4.93. The predicted octanol–water partition coefficient (Wildman–Crippen LogP) is 3.71. The molecule has 2 heterocycles. The normalized spacial score (nSPS) is 22.4. The Bertz CT molecular complexity index is 930. The predicted molar refractivity (Wildman–Crippen MR) is 103 cm³/mol. The number of aromatic amines is 1. The minimum atomic E-state index is -0.241. The molecule has 3 atom stereocenters. The summed E-state index contributed by atoms with van der Waals surface area (Å²) in [5, 5.41) is 18.5. The van der Waals surface area contributed by atoms with Crippen LogP contribution in [-0.2, 0) is 11.2 Å². The number of aromatic nitrogens is 4. The summed E-state index contributed by atoms with van der Waals surface area (Å²) in [6, 6.07) is 15.2. The second kappa shape index (κ2) is 7.66. The Balaban J connectivity index is 1.67. The van der Waals surface area contributed by atoms with E-state index in [1.54, 1.807) is 0 Å². The van der Waals surface area contributed by atoms with Crippen LogP contribution >= 0.6 is 23.2 Å². The van der Waals surface area contributed by atoms with Gasteiger partial charge in [-0.25, -0.2) is 0 Å². The fourth-order valence-electron chi connectivity index (χ4n) is 3.64. The van der Waals surface area contributed by atoms with Crippen LogP contribution in [-0.4, -0.2) is 26.5 Å². The second-order valence-corrected chi connectivity index (χ2v) is 7.54. The molecule has 1 aliphatic rings. The summed E-state index contributed by atoms with van der Waals surface area (Å²) in [6.45, 7) is 0. The summed E-state index contributed by atoms with van der Waals surface area (Å²) in [6.07, 6.45) is 1.10. The average Bonchev–Trinajstić information content (AvgIpc) is 3.17. The van der Waals surface area contributed by atoms with Crippen molar-refractivity contribution in [2.24, 2.45) is 5.92 Å². The molecule has 0 radical (unpaired) electrons. The van der Waals surface area contributed by atoms with Gasteiger partial charge < -0.3 is 5.32 Å². The van der Waals surface area contributed by atoms with E-state index in [1.807, 2.05) is 48.5 Å². The Morgan fingerprint density at radius 1 is 1.04 bits per heavy atom. The average molecular weight is 402 g/mol. The van der Waals surface area contributed by atoms with E-state index >= 15 is 0 Å². The molecule has 3 aromatic rings. The maximum absolute atomic E-state index is 12.8. The molecule has 2 N–H and O–H groups in total. The minimum Gasteiger partial charge on any atom is -0.348 e. The quantitative estimate of drug-likeness (QED) is 0.697. The van der Waals surface area contributed by atoms with Crippen LogP contribution in [0.5, 0.6) is 0 Å². The number of nitrogens with one attached hydrogen (secondary N) is 2. The lowest BCUT2D eigenvalue weighted by atomic mass is 9.76. The van der Waals surface area contributed by atoms with Gasteiger partial charge in [0.25, 0.3) is 0 Å². The van der Waals surface area contributed by atoms with Crippen molar-refractivity contribution in [1.29, 1.82) is 0 Å². The first-order chi connectivity index (χ1) is 13.1. The smallest absolute Gasteiger partial charge is 0.224 e. The Labute approximate surface area is 166 Å². The van der Waals surface area contributed by atoms with E-state index in [-0.39, 0.29) is 23.8 Å². The van der Waals surface area contributed by atoms with Gasteiger partial charge in [0, 0.05) is 28.3 Å². The number of benzene rings is 2. The van der Waals surface area contributed by atoms with E-state index in [0.717, 1.165) is 11.1 Å². The van der Waals surface area contributed by atoms with E-state index < -0.39 is 0 Å². The van der Waals surface area contributed by atoms with Crippen molar-refractivity contribution in [2.75, 3.05) is 0 Å². The van der Waals surface area contributed by atoms with Crippen molar-refractivity contribution >= 4 is 29.1 Å². The number of tetrazole rings is 1. The number of H-pyrrole nitrogens is 1. The summed E-state index contributed by atoms with van der Waals surface area (Å²) >= 11 is 12.3. The van der Waals surface area contributed by atoms with Crippen LogP contribution in [0.2, 0.25) is 10.0 Å². The molecule has 138 valence electrons. The summed E-state index contributed by atoms with van der Waals surface area (Å²) < 4.78 is 0. The molecule has 3 unspecified atom stereocenters. The monoisotopic (exact) mass is 401 g/mol. The van der Waals surface area contributed by atoms with Gasteiger partial charge in [-0.2, -0.15) is 5.21 Å². The maximum Gasteiger partial charge on any atom is 0.224 e. The van der Waals surface area contributed by atoms with Crippen LogP contribution < -0.4 is 5.32 Å². The molecule has 0 spiro atoms. The van der Waals surface area contributed by atoms with Gasteiger partial charge in [0.15, 0.2) is 5.82 Å². The third-order valence-corrected chi connectivity index (χ3v) is 5.42. The van der Waals surface area contributed by atoms with Crippen molar-refractivity contribution in [3.8, 4) is 0 Å². The highest BCUT2D eigenvalue weighted by Gasteiger charge is 2.37. The molecule has 0 aliphatic carbocycles. The first-order valence-electron chi connectivity index (χ1n) is 8.64. The Morgan fingerprint density at radius 2 is 1.85 bits per heavy atom. The zero-order valence-corrected chi connectivity index (χ0v) is 15.8. The van der Waals surface area contributed by atoms with Crippen LogP contribution in [0.3, 0.4) is 0 Å². The van der Waals surface area contributed by atoms with Crippen molar-refractivity contribution in [3.63, 3.8) is 0 Å². The highest BCUT2D eigenvalue weighted by Crippen LogP contribution is 2.41. The molecule has 1 aliphatic heterocycles. The number of carbonyl (C=O) groups excluding carboxylic acids is 1. The number of amides is 1. The maximum atomic E-state index is 12.8. The van der Waals surface area contributed by atoms with Gasteiger partial charge in [0.05, 0.1) is 6.04 Å². The minimum absolute atomic E-state index is 0.0157. The first-order valence-corrected chi connectivity index (χ1v) is 9.39. The summed E-state index contributed by atoms with van der Waals surface area (Å²) in [5.74, 6) is 0.345. The van der Waals surface area contributed by atoms with E-state index in [1.165, 1.54) is 0 Å². The highest BCUT2D eigenvalue weighted by atomic mass is 35.5. The second-order valence-electron chi connectivity index (χ2n) is 6.66. The fourth-order valence-corrected chi connectivity index (χ4v) is 3.96. The molecule has 8 heteroatoms. The molecule has 1 saturated heterocycles. The third kappa shape index (κ3) is 3.96. The SMILES string of the molecule is O=C1NC(c2ccc(Cl)cc2)C(c2cccc(Cl)c2)CC1Cc1nn[nH]n1. The van der Waals surface area contributed by atoms with Gasteiger partial charge in [-0.05, 0) is 41.8 Å². The number of hydrogen-bond donors (Lipinski definition) is 2. The largest absolute Gasteiger partial charge is 0.348 e. The number of piperidine rings is 1. The van der Waals surface area contributed by atoms with Gasteiger partial charge in [0.2, 0.25) is 5.91 Å². The van der Waals surface area contributed by atoms with Crippen molar-refractivity contribution in [1.82, 2.24) is 25.9 Å². The van der Waals surface area contributed by atoms with Gasteiger partial charge >= 0.3 is 0 Å². The topological polar surface area (TPSA) is 83.6 Å². The van der Waals surface area contributed by atoms with Gasteiger partial charge in [-0.15, -0.1) is 10.2 Å². The van der Waals surface area contributed by atoms with E-state index in [9.17, 15) is 4.79 Å². The molecule has 1 aromatic heterocycles. The summed E-state index contributed by atoms with van der Waals surface area (Å²) in [7, 11) is 0. The molecular formula is C19H17Cl2N5O. The van der Waals surface area contributed by atoms with Crippen molar-refractivity contribution in [3.05, 3.63) is 75.5 Å². The Morgan fingerprint density at radius 3 is 2.56 bits per heavy atom. The lowest BCUT2D eigenvalue weighted by molar-refractivity contribution is -0.128. The van der Waals surface area contributed by atoms with Crippen LogP contribution in [0.25, 0.3) is 0 Å². The molecule has 4 rings (SSSR count). The molecule has 1 amide bonds. The number of rotatable bonds is 4. The lowest BCUT2D eigenvalue weighted by Crippen LogP contribution is -2.44. The van der Waals surface area contributed by atoms with Crippen LogP contribution in [0.1, 0.15) is 35.3 Å². The van der Waals surface area contributed by atoms with Gasteiger partial charge in [0.1, 0.15) is 0 Å². The zero-order chi connectivity index (χ0) is 18.8. The molecule has 6 nitrogen and oxygen atoms in total. The van der Waals surface area contributed by atoms with Gasteiger partial charge in [-0.1, -0.05) is 52.7 Å². The fraction of sp³-hybridized carbons (Fsp3) is 0.263. The highest BCUT2D eigenvalue weighted by molar-refractivity contribution is 6.30. The van der Waals surface area contributed by atoms with E-state index in [2.05, 4.69) is 25.9 Å². The van der Waals surface area contributed by atoms with Crippen LogP contribution in [0.4, 0.5) is 0 Å². The molecule has 27 heavy (non-hydrogen) atoms. The molecule has 1 fully saturated rings. The Hall–Kier alpha value is -2.44. The Kier molecular flexibility index (Phi) is 5.09. The standard InChI is InChI=1S/C19H17Cl2N5O/c20-14-6-4-11(5-7-14)18-16(12-2-1-3-15(21)8-12)9-13(19(27)22-18)10-17-23-25-26-24-17/h1-8,13,16,18H,9-10H2,(H,22,27)(H,23,24,25,26). The summed E-state index contributed by atoms with van der Waals surface area (Å²) in [4.78, 5) is 12.8. The first kappa shape index (κ1) is 17.9. The number of carbonyl (C=O) groups is 1. The van der Waals surface area contributed by atoms with Gasteiger partial charge in [-0.3, -0.25) is 4.79 Å². The lowest BCUT2D eigenvalue weighted by Gasteiger charge is -2.37. The van der Waals surface area contributed by atoms with Crippen molar-refractivity contribution in [2.45, 2.75) is 24.8 Å². The zero-order valence-electron chi connectivity index (χ0n) is 14.3. The van der Waals surface area contributed by atoms with Crippen molar-refractivity contribution < 1.29 is 4.79 Å². The number of halogens is 2. The number of hydrogen-bond acceptors (Lipinski definition) is 4. The van der Waals surface area contributed by atoms with Crippen LogP contribution in [0.15, 0.2) is 48.5 Å². The number of nitrogens with zero attached hydrogens (tertiary/aromatic N) is 3. The van der Waals surface area contributed by atoms with E-state index in [0.29, 0.717) is 28.7 Å². The molecule has 2 aromatic carbocycles. The summed E-state index contributed by atoms with van der Waals surface area (Å²) in [5.41, 5.74) is 2.09. The van der Waals surface area contributed by atoms with E-state index in [4.69, 9.17) is 23.2 Å². The van der Waals surface area contributed by atoms with Crippen LogP contribution in [0, 0.1) is 5.92 Å². The molecule has 0 bridgehead atoms.